The van der Waals surface area contributed by atoms with Gasteiger partial charge in [0.25, 0.3) is 0 Å². The highest BCUT2D eigenvalue weighted by Crippen LogP contribution is 2.11. The van der Waals surface area contributed by atoms with E-state index in [-0.39, 0.29) is 38.0 Å². The molecule has 63 heavy (non-hydrogen) atoms. The molecule has 0 spiro atoms. The molecule has 0 aromatic carbocycles. The second kappa shape index (κ2) is 49.7. The third-order valence-electron chi connectivity index (χ3n) is 9.32. The van der Waals surface area contributed by atoms with Gasteiger partial charge in [-0.05, 0) is 77.0 Å². The van der Waals surface area contributed by atoms with Crippen LogP contribution in [0.2, 0.25) is 0 Å². The van der Waals surface area contributed by atoms with Crippen molar-refractivity contribution in [3.8, 4) is 0 Å². The lowest BCUT2D eigenvalue weighted by molar-refractivity contribution is -0.167. The lowest BCUT2D eigenvalue weighted by Gasteiger charge is -2.18. The summed E-state index contributed by atoms with van der Waals surface area (Å²) in [4.78, 5) is 37.8. The van der Waals surface area contributed by atoms with E-state index in [0.717, 1.165) is 64.2 Å². The van der Waals surface area contributed by atoms with Gasteiger partial charge in [0.05, 0.1) is 0 Å². The van der Waals surface area contributed by atoms with Crippen LogP contribution >= 0.6 is 0 Å². The van der Waals surface area contributed by atoms with Crippen molar-refractivity contribution in [2.24, 2.45) is 0 Å². The van der Waals surface area contributed by atoms with Crippen LogP contribution in [-0.2, 0) is 28.6 Å². The van der Waals surface area contributed by atoms with Crippen LogP contribution in [0.3, 0.4) is 0 Å². The normalized spacial score (nSPS) is 13.5. The highest BCUT2D eigenvalue weighted by atomic mass is 16.6. The highest BCUT2D eigenvalue weighted by Gasteiger charge is 2.19. The lowest BCUT2D eigenvalue weighted by Crippen LogP contribution is -2.30. The van der Waals surface area contributed by atoms with Gasteiger partial charge in [-0.15, -0.1) is 0 Å². The first-order chi connectivity index (χ1) is 31.0. The summed E-state index contributed by atoms with van der Waals surface area (Å²) in [5.41, 5.74) is 0. The number of allylic oxidation sites excluding steroid dienone is 26. The summed E-state index contributed by atoms with van der Waals surface area (Å²) in [7, 11) is 0. The molecule has 0 rings (SSSR count). The van der Waals surface area contributed by atoms with Crippen molar-refractivity contribution in [1.82, 2.24) is 0 Å². The molecule has 0 amide bonds. The van der Waals surface area contributed by atoms with Crippen molar-refractivity contribution in [2.75, 3.05) is 13.2 Å². The largest absolute Gasteiger partial charge is 0.462 e. The Morgan fingerprint density at radius 2 is 0.651 bits per heavy atom. The summed E-state index contributed by atoms with van der Waals surface area (Å²) < 4.78 is 16.6. The molecule has 0 aliphatic carbocycles. The number of unbranched alkanes of at least 4 members (excludes halogenated alkanes) is 13. The predicted octanol–water partition coefficient (Wildman–Crippen LogP) is 15.9. The second-order valence-corrected chi connectivity index (χ2v) is 15.2. The van der Waals surface area contributed by atoms with Crippen molar-refractivity contribution in [2.45, 2.75) is 168 Å². The summed E-state index contributed by atoms with van der Waals surface area (Å²) in [5.74, 6) is -1.09. The first-order valence-electron chi connectivity index (χ1n) is 24.2. The maximum absolute atomic E-state index is 12.7. The van der Waals surface area contributed by atoms with Crippen LogP contribution in [0.4, 0.5) is 0 Å². The third-order valence-corrected chi connectivity index (χ3v) is 9.32. The zero-order chi connectivity index (χ0) is 45.8. The van der Waals surface area contributed by atoms with Crippen LogP contribution < -0.4 is 0 Å². The average molecular weight is 865 g/mol. The number of carbonyl (C=O) groups is 3. The van der Waals surface area contributed by atoms with E-state index in [0.29, 0.717) is 25.7 Å². The summed E-state index contributed by atoms with van der Waals surface area (Å²) >= 11 is 0. The van der Waals surface area contributed by atoms with Crippen molar-refractivity contribution in [3.63, 3.8) is 0 Å². The van der Waals surface area contributed by atoms with Crippen molar-refractivity contribution < 1.29 is 28.6 Å². The van der Waals surface area contributed by atoms with Gasteiger partial charge < -0.3 is 14.2 Å². The lowest BCUT2D eigenvalue weighted by atomic mass is 10.1. The topological polar surface area (TPSA) is 78.9 Å². The van der Waals surface area contributed by atoms with E-state index in [2.05, 4.69) is 51.2 Å². The van der Waals surface area contributed by atoms with E-state index in [4.69, 9.17) is 14.2 Å². The molecule has 0 aliphatic heterocycles. The zero-order valence-electron chi connectivity index (χ0n) is 39.5. The molecule has 0 heterocycles. The van der Waals surface area contributed by atoms with E-state index in [1.807, 2.05) is 128 Å². The van der Waals surface area contributed by atoms with Gasteiger partial charge in [-0.25, -0.2) is 0 Å². The average Bonchev–Trinajstić information content (AvgIpc) is 3.28. The molecule has 0 saturated heterocycles. The molecule has 6 heteroatoms. The fraction of sp³-hybridized carbons (Fsp3) is 0.491. The minimum Gasteiger partial charge on any atom is -0.462 e. The molecule has 0 radical (unpaired) electrons. The Bertz CT molecular complexity index is 1510. The summed E-state index contributed by atoms with van der Waals surface area (Å²) in [5, 5.41) is 0. The molecule has 0 N–H and O–H groups in total. The van der Waals surface area contributed by atoms with Crippen molar-refractivity contribution in [1.29, 1.82) is 0 Å². The molecule has 0 fully saturated rings. The molecule has 0 aromatic rings. The molecule has 1 unspecified atom stereocenters. The van der Waals surface area contributed by atoms with Gasteiger partial charge in [-0.1, -0.05) is 224 Å². The molecule has 1 atom stereocenters. The van der Waals surface area contributed by atoms with Crippen molar-refractivity contribution in [3.05, 3.63) is 158 Å². The predicted molar refractivity (Wildman–Crippen MR) is 269 cm³/mol. The SMILES string of the molecule is CC\C=C/C=C\C=C/C=C\C=C/CCCC(=O)OC(COC(=O)CCCCC\C=C/C=C\C=C\C=C/C=C\C=C/C=C\CC)COC(=O)CCCCC/C=C\CCCCCCCC. The molecule has 0 aliphatic rings. The minimum atomic E-state index is -0.847. The van der Waals surface area contributed by atoms with Gasteiger partial charge in [0, 0.05) is 19.3 Å². The van der Waals surface area contributed by atoms with Gasteiger partial charge >= 0.3 is 17.9 Å². The molecule has 0 bridgehead atoms. The molecular formula is C57H84O6. The summed E-state index contributed by atoms with van der Waals surface area (Å²) in [6.07, 6.45) is 72.3. The number of hydrogen-bond acceptors (Lipinski definition) is 6. The van der Waals surface area contributed by atoms with E-state index in [9.17, 15) is 14.4 Å². The summed E-state index contributed by atoms with van der Waals surface area (Å²) in [6, 6.07) is 0. The van der Waals surface area contributed by atoms with Crippen LogP contribution in [-0.4, -0.2) is 37.2 Å². The Labute approximate surface area is 384 Å². The van der Waals surface area contributed by atoms with Crippen LogP contribution in [0.25, 0.3) is 0 Å². The van der Waals surface area contributed by atoms with Crippen LogP contribution in [0.1, 0.15) is 162 Å². The second-order valence-electron chi connectivity index (χ2n) is 15.2. The van der Waals surface area contributed by atoms with Gasteiger partial charge in [-0.2, -0.15) is 0 Å². The Hall–Kier alpha value is -4.97. The highest BCUT2D eigenvalue weighted by molar-refractivity contribution is 5.71. The molecule has 348 valence electrons. The Balaban J connectivity index is 4.64. The van der Waals surface area contributed by atoms with Gasteiger partial charge in [0.2, 0.25) is 0 Å². The van der Waals surface area contributed by atoms with E-state index in [1.165, 1.54) is 38.5 Å². The van der Waals surface area contributed by atoms with Gasteiger partial charge in [0.15, 0.2) is 6.10 Å². The Morgan fingerprint density at radius 3 is 1.06 bits per heavy atom. The molecule has 6 nitrogen and oxygen atoms in total. The minimum absolute atomic E-state index is 0.138. The standard InChI is InChI=1S/C57H84O6/c1-4-7-10-13-16-19-22-25-26-27-28-29-30-33-35-38-41-44-47-50-56(59)62-53-54(63-57(60)51-48-45-42-39-36-32-24-21-18-15-12-9-6-3)52-61-55(58)49-46-43-40-37-34-31-23-20-17-14-11-8-5-2/h7,9-10,12-13,15-16,18-19,21-22,24-36,39,42,54H,4-6,8,11,14,17,20,23,37-38,40-41,43-53H2,1-3H3/b10-7-,12-9-,16-13-,18-15-,22-19-,24-21-,26-25-,28-27+,30-29-,34-31-,35-33-,36-32-,42-39-. The number of carbonyl (C=O) groups excluding carboxylic acids is 3. The maximum atomic E-state index is 12.7. The monoisotopic (exact) mass is 865 g/mol. The molecule has 0 saturated carbocycles. The number of esters is 3. The van der Waals surface area contributed by atoms with Gasteiger partial charge in [-0.3, -0.25) is 14.4 Å². The Kier molecular flexibility index (Phi) is 45.8. The Morgan fingerprint density at radius 1 is 0.333 bits per heavy atom. The number of rotatable bonds is 40. The number of ether oxygens (including phenoxy) is 3. The fourth-order valence-electron chi connectivity index (χ4n) is 5.74. The van der Waals surface area contributed by atoms with Crippen LogP contribution in [0.15, 0.2) is 158 Å². The molecule has 0 aromatic heterocycles. The number of hydrogen-bond donors (Lipinski definition) is 0. The first-order valence-corrected chi connectivity index (χ1v) is 24.2. The van der Waals surface area contributed by atoms with Crippen LogP contribution in [0.5, 0.6) is 0 Å². The first kappa shape index (κ1) is 58.0. The summed E-state index contributed by atoms with van der Waals surface area (Å²) in [6.45, 7) is 6.18. The third kappa shape index (κ3) is 47.9. The van der Waals surface area contributed by atoms with Gasteiger partial charge in [0.1, 0.15) is 13.2 Å². The molecular weight excluding hydrogens is 781 g/mol. The quantitative estimate of drug-likeness (QED) is 0.0201. The fourth-order valence-corrected chi connectivity index (χ4v) is 5.74. The maximum Gasteiger partial charge on any atom is 0.306 e. The zero-order valence-corrected chi connectivity index (χ0v) is 39.5. The van der Waals surface area contributed by atoms with E-state index in [1.54, 1.807) is 0 Å². The van der Waals surface area contributed by atoms with Crippen molar-refractivity contribution >= 4 is 17.9 Å². The van der Waals surface area contributed by atoms with E-state index < -0.39 is 12.1 Å². The van der Waals surface area contributed by atoms with Crippen LogP contribution in [0, 0.1) is 0 Å². The smallest absolute Gasteiger partial charge is 0.306 e. The van der Waals surface area contributed by atoms with E-state index >= 15 is 0 Å².